The summed E-state index contributed by atoms with van der Waals surface area (Å²) < 4.78 is 1.91. The average molecular weight is 288 g/mol. The number of benzene rings is 1. The maximum atomic E-state index is 10.6. The fourth-order valence-electron chi connectivity index (χ4n) is 2.06. The van der Waals surface area contributed by atoms with Gasteiger partial charge in [0.15, 0.2) is 0 Å². The molecule has 0 saturated heterocycles. The second kappa shape index (κ2) is 7.54. The van der Waals surface area contributed by atoms with E-state index in [0.717, 1.165) is 38.0 Å². The maximum absolute atomic E-state index is 10.6. The van der Waals surface area contributed by atoms with Gasteiger partial charge in [0.1, 0.15) is 0 Å². The van der Waals surface area contributed by atoms with Crippen molar-refractivity contribution < 1.29 is 4.92 Å². The van der Waals surface area contributed by atoms with Gasteiger partial charge >= 0.3 is 0 Å². The third-order valence-corrected chi connectivity index (χ3v) is 3.22. The molecule has 0 atom stereocenters. The first-order valence-electron chi connectivity index (χ1n) is 7.14. The van der Waals surface area contributed by atoms with Crippen LogP contribution in [0.3, 0.4) is 0 Å². The van der Waals surface area contributed by atoms with E-state index in [-0.39, 0.29) is 10.6 Å². The molecule has 0 aliphatic heterocycles. The molecule has 0 spiro atoms. The van der Waals surface area contributed by atoms with E-state index in [1.807, 2.05) is 17.1 Å². The topological polar surface area (TPSA) is 73.0 Å². The number of nitrogens with zero attached hydrogens (tertiary/aromatic N) is 3. The molecule has 0 amide bonds. The summed E-state index contributed by atoms with van der Waals surface area (Å²) in [5.41, 5.74) is 2.37. The Morgan fingerprint density at radius 3 is 2.71 bits per heavy atom. The normalized spacial score (nSPS) is 10.7. The van der Waals surface area contributed by atoms with E-state index in [2.05, 4.69) is 17.3 Å². The Kier molecular flexibility index (Phi) is 5.45. The van der Waals surface area contributed by atoms with Gasteiger partial charge in [-0.3, -0.25) is 14.8 Å². The van der Waals surface area contributed by atoms with Crippen molar-refractivity contribution in [2.24, 2.45) is 0 Å². The van der Waals surface area contributed by atoms with Crippen molar-refractivity contribution in [2.75, 3.05) is 6.54 Å². The van der Waals surface area contributed by atoms with Crippen molar-refractivity contribution >= 4 is 5.69 Å². The molecule has 0 bridgehead atoms. The van der Waals surface area contributed by atoms with Crippen molar-refractivity contribution in [3.8, 4) is 0 Å². The lowest BCUT2D eigenvalue weighted by molar-refractivity contribution is -0.384. The molecule has 21 heavy (non-hydrogen) atoms. The number of non-ortho nitro benzene ring substituents is 1. The summed E-state index contributed by atoms with van der Waals surface area (Å²) >= 11 is 0. The zero-order valence-electron chi connectivity index (χ0n) is 12.2. The standard InChI is InChI=1S/C15H20N4O2/c1-2-8-16-10-14-11-17-18(12-14)9-7-13-3-5-15(6-4-13)19(20)21/h3-6,11-12,16H,2,7-10H2,1H3. The second-order valence-electron chi connectivity index (χ2n) is 4.96. The van der Waals surface area contributed by atoms with Crippen LogP contribution in [-0.4, -0.2) is 21.2 Å². The number of aromatic nitrogens is 2. The Balaban J connectivity index is 1.83. The molecule has 2 rings (SSSR count). The van der Waals surface area contributed by atoms with Gasteiger partial charge in [-0.2, -0.15) is 5.10 Å². The van der Waals surface area contributed by atoms with Crippen molar-refractivity contribution in [1.82, 2.24) is 15.1 Å². The zero-order chi connectivity index (χ0) is 15.1. The Morgan fingerprint density at radius 1 is 1.29 bits per heavy atom. The SMILES string of the molecule is CCCNCc1cnn(CCc2ccc([N+](=O)[O-])cc2)c1. The molecule has 1 heterocycles. The Morgan fingerprint density at radius 2 is 2.05 bits per heavy atom. The summed E-state index contributed by atoms with van der Waals surface area (Å²) in [6.45, 7) is 4.76. The number of rotatable bonds is 8. The lowest BCUT2D eigenvalue weighted by Gasteiger charge is -2.02. The largest absolute Gasteiger partial charge is 0.313 e. The van der Waals surface area contributed by atoms with Crippen molar-refractivity contribution in [2.45, 2.75) is 32.9 Å². The van der Waals surface area contributed by atoms with Crippen LogP contribution >= 0.6 is 0 Å². The minimum Gasteiger partial charge on any atom is -0.313 e. The van der Waals surface area contributed by atoms with Crippen molar-refractivity contribution in [3.63, 3.8) is 0 Å². The van der Waals surface area contributed by atoms with E-state index < -0.39 is 0 Å². The Labute approximate surface area is 123 Å². The van der Waals surface area contributed by atoms with Crippen LogP contribution in [-0.2, 0) is 19.5 Å². The molecule has 0 saturated carbocycles. The van der Waals surface area contributed by atoms with Gasteiger partial charge in [0.2, 0.25) is 0 Å². The highest BCUT2D eigenvalue weighted by Crippen LogP contribution is 2.12. The van der Waals surface area contributed by atoms with Crippen LogP contribution < -0.4 is 5.32 Å². The second-order valence-corrected chi connectivity index (χ2v) is 4.96. The van der Waals surface area contributed by atoms with E-state index in [9.17, 15) is 10.1 Å². The molecule has 6 heteroatoms. The fourth-order valence-corrected chi connectivity index (χ4v) is 2.06. The van der Waals surface area contributed by atoms with Crippen molar-refractivity contribution in [3.05, 3.63) is 57.9 Å². The van der Waals surface area contributed by atoms with Gasteiger partial charge in [-0.15, -0.1) is 0 Å². The first-order valence-corrected chi connectivity index (χ1v) is 7.14. The van der Waals surface area contributed by atoms with Gasteiger partial charge in [0, 0.05) is 37.0 Å². The lowest BCUT2D eigenvalue weighted by atomic mass is 10.1. The first-order chi connectivity index (χ1) is 10.2. The predicted octanol–water partition coefficient (Wildman–Crippen LogP) is 2.53. The Bertz CT molecular complexity index is 578. The first kappa shape index (κ1) is 15.2. The van der Waals surface area contributed by atoms with Crippen LogP contribution in [0.25, 0.3) is 0 Å². The number of aryl methyl sites for hydroxylation is 2. The van der Waals surface area contributed by atoms with Crippen LogP contribution in [0.15, 0.2) is 36.7 Å². The van der Waals surface area contributed by atoms with Crippen LogP contribution in [0.2, 0.25) is 0 Å². The van der Waals surface area contributed by atoms with Gasteiger partial charge in [-0.25, -0.2) is 0 Å². The van der Waals surface area contributed by atoms with E-state index in [4.69, 9.17) is 0 Å². The van der Waals surface area contributed by atoms with E-state index >= 15 is 0 Å². The molecule has 1 N–H and O–H groups in total. The third-order valence-electron chi connectivity index (χ3n) is 3.22. The van der Waals surface area contributed by atoms with Crippen LogP contribution in [0.4, 0.5) is 5.69 Å². The molecule has 0 fully saturated rings. The number of nitro groups is 1. The van der Waals surface area contributed by atoms with Gasteiger partial charge in [0.25, 0.3) is 5.69 Å². The molecule has 0 radical (unpaired) electrons. The smallest absolute Gasteiger partial charge is 0.269 e. The monoisotopic (exact) mass is 288 g/mol. The summed E-state index contributed by atoms with van der Waals surface area (Å²) in [6.07, 6.45) is 5.84. The minimum atomic E-state index is -0.382. The van der Waals surface area contributed by atoms with Crippen LogP contribution in [0.5, 0.6) is 0 Å². The van der Waals surface area contributed by atoms with Gasteiger partial charge in [-0.1, -0.05) is 19.1 Å². The molecule has 0 unspecified atom stereocenters. The van der Waals surface area contributed by atoms with Crippen LogP contribution in [0.1, 0.15) is 24.5 Å². The van der Waals surface area contributed by atoms with Gasteiger partial charge in [0.05, 0.1) is 11.1 Å². The molecular weight excluding hydrogens is 268 g/mol. The molecule has 6 nitrogen and oxygen atoms in total. The zero-order valence-corrected chi connectivity index (χ0v) is 12.2. The molecule has 0 aliphatic carbocycles. The number of hydrogen-bond donors (Lipinski definition) is 1. The summed E-state index contributed by atoms with van der Waals surface area (Å²) in [6, 6.07) is 6.67. The number of hydrogen-bond acceptors (Lipinski definition) is 4. The average Bonchev–Trinajstić information content (AvgIpc) is 2.94. The summed E-state index contributed by atoms with van der Waals surface area (Å²) in [4.78, 5) is 10.2. The molecular formula is C15H20N4O2. The lowest BCUT2D eigenvalue weighted by Crippen LogP contribution is -2.13. The molecule has 0 aliphatic rings. The predicted molar refractivity (Wildman–Crippen MR) is 81.0 cm³/mol. The van der Waals surface area contributed by atoms with Crippen LogP contribution in [0, 0.1) is 10.1 Å². The Hall–Kier alpha value is -2.21. The quantitative estimate of drug-likeness (QED) is 0.460. The molecule has 1 aromatic heterocycles. The highest BCUT2D eigenvalue weighted by Gasteiger charge is 2.04. The van der Waals surface area contributed by atoms with E-state index in [0.29, 0.717) is 0 Å². The summed E-state index contributed by atoms with van der Waals surface area (Å²) in [5, 5.41) is 18.3. The minimum absolute atomic E-state index is 0.127. The van der Waals surface area contributed by atoms with E-state index in [1.54, 1.807) is 24.3 Å². The third kappa shape index (κ3) is 4.68. The van der Waals surface area contributed by atoms with E-state index in [1.165, 1.54) is 5.56 Å². The number of nitro benzene ring substituents is 1. The fraction of sp³-hybridized carbons (Fsp3) is 0.400. The molecule has 2 aromatic rings. The van der Waals surface area contributed by atoms with Crippen molar-refractivity contribution in [1.29, 1.82) is 0 Å². The number of nitrogens with one attached hydrogen (secondary N) is 1. The summed E-state index contributed by atoms with van der Waals surface area (Å²) in [5.74, 6) is 0. The maximum Gasteiger partial charge on any atom is 0.269 e. The van der Waals surface area contributed by atoms with Gasteiger partial charge in [-0.05, 0) is 24.9 Å². The highest BCUT2D eigenvalue weighted by atomic mass is 16.6. The molecule has 1 aromatic carbocycles. The van der Waals surface area contributed by atoms with Gasteiger partial charge < -0.3 is 5.32 Å². The summed E-state index contributed by atoms with van der Waals surface area (Å²) in [7, 11) is 0. The molecule has 112 valence electrons. The highest BCUT2D eigenvalue weighted by molar-refractivity contribution is 5.32.